The Morgan fingerprint density at radius 3 is 2.31 bits per heavy atom. The number of hydrogen-bond acceptors (Lipinski definition) is 2. The number of hydrogen-bond donors (Lipinski definition) is 0. The lowest BCUT2D eigenvalue weighted by Crippen LogP contribution is -2.45. The lowest BCUT2D eigenvalue weighted by molar-refractivity contribution is 0.123. The Bertz CT molecular complexity index is 373. The van der Waals surface area contributed by atoms with Crippen LogP contribution in [0, 0.1) is 11.3 Å². The van der Waals surface area contributed by atoms with Crippen molar-refractivity contribution in [2.75, 3.05) is 13.1 Å². The van der Waals surface area contributed by atoms with Crippen molar-refractivity contribution in [3.05, 3.63) is 35.9 Å². The zero-order chi connectivity index (χ0) is 11.4. The van der Waals surface area contributed by atoms with Crippen molar-refractivity contribution in [1.82, 2.24) is 4.90 Å². The van der Waals surface area contributed by atoms with E-state index in [-0.39, 0.29) is 0 Å². The highest BCUT2D eigenvalue weighted by atomic mass is 15.2. The fourth-order valence-corrected chi connectivity index (χ4v) is 2.42. The third-order valence-electron chi connectivity index (χ3n) is 3.54. The lowest BCUT2D eigenvalue weighted by Gasteiger charge is -2.38. The van der Waals surface area contributed by atoms with E-state index in [1.54, 1.807) is 0 Å². The molecule has 0 spiro atoms. The Morgan fingerprint density at radius 1 is 1.12 bits per heavy atom. The molecule has 1 saturated heterocycles. The Hall–Kier alpha value is -1.33. The van der Waals surface area contributed by atoms with Crippen LogP contribution in [0.2, 0.25) is 0 Å². The molecule has 1 aliphatic heterocycles. The minimum Gasteiger partial charge on any atom is -0.282 e. The summed E-state index contributed by atoms with van der Waals surface area (Å²) >= 11 is 0. The zero-order valence-corrected chi connectivity index (χ0v) is 9.82. The minimum absolute atomic E-state index is 0.457. The molecule has 0 amide bonds. The van der Waals surface area contributed by atoms with Crippen LogP contribution in [0.3, 0.4) is 0 Å². The van der Waals surface area contributed by atoms with Crippen molar-refractivity contribution in [3.8, 4) is 6.07 Å². The van der Waals surface area contributed by atoms with Crippen molar-refractivity contribution in [2.45, 2.75) is 31.7 Å². The molecule has 0 radical (unpaired) electrons. The SMILES string of the molecule is CC(C#N)(c1ccccc1)N1CCCCC1. The first-order valence-electron chi connectivity index (χ1n) is 5.99. The van der Waals surface area contributed by atoms with Gasteiger partial charge in [0, 0.05) is 0 Å². The van der Waals surface area contributed by atoms with Crippen molar-refractivity contribution >= 4 is 0 Å². The normalized spacial score (nSPS) is 21.0. The van der Waals surface area contributed by atoms with Crippen molar-refractivity contribution in [3.63, 3.8) is 0 Å². The molecule has 1 aliphatic rings. The van der Waals surface area contributed by atoms with E-state index in [1.165, 1.54) is 19.3 Å². The topological polar surface area (TPSA) is 27.0 Å². The molecule has 0 saturated carbocycles. The molecule has 0 bridgehead atoms. The number of rotatable bonds is 2. The van der Waals surface area contributed by atoms with E-state index < -0.39 is 5.54 Å². The zero-order valence-electron chi connectivity index (χ0n) is 9.82. The average Bonchev–Trinajstić information content (AvgIpc) is 2.40. The molecule has 2 heteroatoms. The fraction of sp³-hybridized carbons (Fsp3) is 0.500. The molecular weight excluding hydrogens is 196 g/mol. The number of piperidine rings is 1. The molecule has 1 aromatic rings. The summed E-state index contributed by atoms with van der Waals surface area (Å²) in [7, 11) is 0. The highest BCUT2D eigenvalue weighted by Crippen LogP contribution is 2.30. The van der Waals surface area contributed by atoms with Crippen LogP contribution < -0.4 is 0 Å². The van der Waals surface area contributed by atoms with E-state index in [2.05, 4.69) is 23.1 Å². The first-order valence-corrected chi connectivity index (χ1v) is 5.99. The maximum absolute atomic E-state index is 9.50. The van der Waals surface area contributed by atoms with E-state index in [0.717, 1.165) is 18.7 Å². The van der Waals surface area contributed by atoms with Gasteiger partial charge < -0.3 is 0 Å². The Morgan fingerprint density at radius 2 is 1.75 bits per heavy atom. The van der Waals surface area contributed by atoms with Gasteiger partial charge in [-0.25, -0.2) is 0 Å². The Balaban J connectivity index is 2.29. The monoisotopic (exact) mass is 214 g/mol. The third kappa shape index (κ3) is 1.96. The molecule has 0 aromatic heterocycles. The van der Waals surface area contributed by atoms with Crippen LogP contribution in [-0.2, 0) is 5.54 Å². The van der Waals surface area contributed by atoms with E-state index in [1.807, 2.05) is 25.1 Å². The Kier molecular flexibility index (Phi) is 3.26. The largest absolute Gasteiger partial charge is 0.282 e. The molecule has 1 atom stereocenters. The average molecular weight is 214 g/mol. The van der Waals surface area contributed by atoms with Gasteiger partial charge in [0.1, 0.15) is 5.54 Å². The summed E-state index contributed by atoms with van der Waals surface area (Å²) in [5.41, 5.74) is 0.654. The van der Waals surface area contributed by atoms with Crippen molar-refractivity contribution in [2.24, 2.45) is 0 Å². The minimum atomic E-state index is -0.457. The number of nitriles is 1. The van der Waals surface area contributed by atoms with Crippen LogP contribution in [0.4, 0.5) is 0 Å². The molecule has 1 fully saturated rings. The van der Waals surface area contributed by atoms with Crippen molar-refractivity contribution in [1.29, 1.82) is 5.26 Å². The van der Waals surface area contributed by atoms with Crippen LogP contribution in [0.5, 0.6) is 0 Å². The highest BCUT2D eigenvalue weighted by molar-refractivity contribution is 5.30. The van der Waals surface area contributed by atoms with E-state index in [9.17, 15) is 5.26 Å². The first kappa shape index (κ1) is 11.2. The fourth-order valence-electron chi connectivity index (χ4n) is 2.42. The van der Waals surface area contributed by atoms with Gasteiger partial charge in [0.15, 0.2) is 0 Å². The van der Waals surface area contributed by atoms with Gasteiger partial charge in [-0.3, -0.25) is 4.90 Å². The quantitative estimate of drug-likeness (QED) is 0.757. The van der Waals surface area contributed by atoms with Crippen LogP contribution >= 0.6 is 0 Å². The standard InChI is InChI=1S/C14H18N2/c1-14(12-15,13-8-4-2-5-9-13)16-10-6-3-7-11-16/h2,4-5,8-9H,3,6-7,10-11H2,1H3. The Labute approximate surface area is 97.5 Å². The summed E-state index contributed by atoms with van der Waals surface area (Å²) < 4.78 is 0. The molecule has 84 valence electrons. The van der Waals surface area contributed by atoms with Crippen LogP contribution in [0.25, 0.3) is 0 Å². The van der Waals surface area contributed by atoms with Crippen LogP contribution in [-0.4, -0.2) is 18.0 Å². The molecule has 1 heterocycles. The molecule has 2 nitrogen and oxygen atoms in total. The van der Waals surface area contributed by atoms with Crippen LogP contribution in [0.1, 0.15) is 31.7 Å². The second kappa shape index (κ2) is 4.67. The van der Waals surface area contributed by atoms with E-state index >= 15 is 0 Å². The smallest absolute Gasteiger partial charge is 0.131 e. The van der Waals surface area contributed by atoms with Gasteiger partial charge in [-0.15, -0.1) is 0 Å². The van der Waals surface area contributed by atoms with Gasteiger partial charge >= 0.3 is 0 Å². The molecular formula is C14H18N2. The van der Waals surface area contributed by atoms with E-state index in [0.29, 0.717) is 0 Å². The molecule has 16 heavy (non-hydrogen) atoms. The third-order valence-corrected chi connectivity index (χ3v) is 3.54. The molecule has 1 aromatic carbocycles. The highest BCUT2D eigenvalue weighted by Gasteiger charge is 2.34. The predicted octanol–water partition coefficient (Wildman–Crippen LogP) is 2.91. The van der Waals surface area contributed by atoms with E-state index in [4.69, 9.17) is 0 Å². The maximum atomic E-state index is 9.50. The lowest BCUT2D eigenvalue weighted by atomic mass is 9.90. The van der Waals surface area contributed by atoms with Gasteiger partial charge in [0.25, 0.3) is 0 Å². The summed E-state index contributed by atoms with van der Waals surface area (Å²) in [6.45, 7) is 4.12. The summed E-state index contributed by atoms with van der Waals surface area (Å²) in [5.74, 6) is 0. The number of likely N-dealkylation sites (tertiary alicyclic amines) is 1. The van der Waals surface area contributed by atoms with Gasteiger partial charge in [0.05, 0.1) is 6.07 Å². The molecule has 0 aliphatic carbocycles. The molecule has 2 rings (SSSR count). The van der Waals surface area contributed by atoms with Gasteiger partial charge in [0.2, 0.25) is 0 Å². The van der Waals surface area contributed by atoms with Crippen LogP contribution in [0.15, 0.2) is 30.3 Å². The maximum Gasteiger partial charge on any atom is 0.131 e. The second-order valence-electron chi connectivity index (χ2n) is 4.60. The number of benzene rings is 1. The summed E-state index contributed by atoms with van der Waals surface area (Å²) in [6, 6.07) is 12.6. The molecule has 1 unspecified atom stereocenters. The summed E-state index contributed by atoms with van der Waals surface area (Å²) in [5, 5.41) is 9.50. The van der Waals surface area contributed by atoms with Gasteiger partial charge in [-0.05, 0) is 38.4 Å². The molecule has 0 N–H and O–H groups in total. The van der Waals surface area contributed by atoms with Gasteiger partial charge in [-0.1, -0.05) is 36.8 Å². The summed E-state index contributed by atoms with van der Waals surface area (Å²) in [4.78, 5) is 2.31. The van der Waals surface area contributed by atoms with Crippen molar-refractivity contribution < 1.29 is 0 Å². The number of nitrogens with zero attached hydrogens (tertiary/aromatic N) is 2. The second-order valence-corrected chi connectivity index (χ2v) is 4.60. The predicted molar refractivity (Wildman–Crippen MR) is 64.8 cm³/mol. The summed E-state index contributed by atoms with van der Waals surface area (Å²) in [6.07, 6.45) is 3.72. The van der Waals surface area contributed by atoms with Gasteiger partial charge in [-0.2, -0.15) is 5.26 Å². The first-order chi connectivity index (χ1) is 7.77.